The van der Waals surface area contributed by atoms with Gasteiger partial charge in [-0.15, -0.1) is 0 Å². The summed E-state index contributed by atoms with van der Waals surface area (Å²) >= 11 is 12.3. The summed E-state index contributed by atoms with van der Waals surface area (Å²) in [5.41, 5.74) is 0.794. The lowest BCUT2D eigenvalue weighted by molar-refractivity contribution is 0.0991. The molecular formula is C22H13Cl2F4N3O3. The number of aromatic nitrogens is 2. The van der Waals surface area contributed by atoms with Crippen molar-refractivity contribution in [3.63, 3.8) is 0 Å². The number of carbonyl (C=O) groups is 1. The molecule has 6 nitrogen and oxygen atoms in total. The highest BCUT2D eigenvalue weighted by Crippen LogP contribution is 2.28. The minimum Gasteiger partial charge on any atom is -0.479 e. The van der Waals surface area contributed by atoms with Crippen LogP contribution in [0.25, 0.3) is 0 Å². The first-order chi connectivity index (χ1) is 16.2. The van der Waals surface area contributed by atoms with Crippen LogP contribution in [0.2, 0.25) is 10.0 Å². The van der Waals surface area contributed by atoms with Crippen molar-refractivity contribution in [1.82, 2.24) is 9.78 Å². The van der Waals surface area contributed by atoms with Crippen LogP contribution in [-0.2, 0) is 13.2 Å². The number of amides is 1. The SMILES string of the molecule is O=C(Nc1nn(Cc2ccccc2Cl)cc1Cl)c1ccc(COc2c(F)c(F)cc(F)c2F)o1. The lowest BCUT2D eigenvalue weighted by Gasteiger charge is -2.08. The maximum atomic E-state index is 13.7. The van der Waals surface area contributed by atoms with Gasteiger partial charge in [0.1, 0.15) is 17.4 Å². The van der Waals surface area contributed by atoms with Gasteiger partial charge in [-0.05, 0) is 23.8 Å². The first-order valence-electron chi connectivity index (χ1n) is 9.55. The van der Waals surface area contributed by atoms with Crippen molar-refractivity contribution in [2.24, 2.45) is 0 Å². The highest BCUT2D eigenvalue weighted by molar-refractivity contribution is 6.33. The number of carbonyl (C=O) groups excluding carboxylic acids is 1. The number of hydrogen-bond acceptors (Lipinski definition) is 4. The molecule has 34 heavy (non-hydrogen) atoms. The van der Waals surface area contributed by atoms with Crippen LogP contribution in [0, 0.1) is 23.3 Å². The zero-order valence-corrected chi connectivity index (χ0v) is 18.4. The van der Waals surface area contributed by atoms with Crippen molar-refractivity contribution in [3.05, 3.63) is 99.1 Å². The molecule has 0 aliphatic carbocycles. The van der Waals surface area contributed by atoms with Gasteiger partial charge in [0.25, 0.3) is 5.91 Å². The van der Waals surface area contributed by atoms with Crippen LogP contribution in [0.1, 0.15) is 21.9 Å². The quantitative estimate of drug-likeness (QED) is 0.235. The van der Waals surface area contributed by atoms with E-state index in [1.165, 1.54) is 23.0 Å². The van der Waals surface area contributed by atoms with Crippen molar-refractivity contribution in [2.75, 3.05) is 5.32 Å². The molecule has 1 amide bonds. The highest BCUT2D eigenvalue weighted by atomic mass is 35.5. The van der Waals surface area contributed by atoms with Gasteiger partial charge in [-0.1, -0.05) is 41.4 Å². The molecule has 2 heterocycles. The molecule has 176 valence electrons. The fraction of sp³-hybridized carbons (Fsp3) is 0.0909. The molecule has 4 rings (SSSR count). The van der Waals surface area contributed by atoms with E-state index in [2.05, 4.69) is 10.4 Å². The van der Waals surface area contributed by atoms with Crippen molar-refractivity contribution in [3.8, 4) is 5.75 Å². The smallest absolute Gasteiger partial charge is 0.292 e. The highest BCUT2D eigenvalue weighted by Gasteiger charge is 2.22. The Bertz CT molecular complexity index is 1350. The third kappa shape index (κ3) is 5.02. The van der Waals surface area contributed by atoms with E-state index >= 15 is 0 Å². The molecule has 1 N–H and O–H groups in total. The van der Waals surface area contributed by atoms with E-state index < -0.39 is 41.5 Å². The lowest BCUT2D eigenvalue weighted by atomic mass is 10.2. The average molecular weight is 514 g/mol. The van der Waals surface area contributed by atoms with Gasteiger partial charge in [0.05, 0.1) is 6.54 Å². The van der Waals surface area contributed by atoms with Crippen molar-refractivity contribution in [2.45, 2.75) is 13.2 Å². The van der Waals surface area contributed by atoms with Crippen LogP contribution >= 0.6 is 23.2 Å². The van der Waals surface area contributed by atoms with Gasteiger partial charge in [-0.25, -0.2) is 8.78 Å². The van der Waals surface area contributed by atoms with Crippen molar-refractivity contribution in [1.29, 1.82) is 0 Å². The molecule has 2 aromatic heterocycles. The van der Waals surface area contributed by atoms with E-state index in [0.29, 0.717) is 11.6 Å². The van der Waals surface area contributed by atoms with Crippen molar-refractivity contribution >= 4 is 34.9 Å². The molecule has 12 heteroatoms. The summed E-state index contributed by atoms with van der Waals surface area (Å²) in [6.07, 6.45) is 1.50. The molecule has 0 fully saturated rings. The van der Waals surface area contributed by atoms with E-state index in [1.54, 1.807) is 12.1 Å². The summed E-state index contributed by atoms with van der Waals surface area (Å²) in [4.78, 5) is 12.5. The van der Waals surface area contributed by atoms with E-state index in [0.717, 1.165) is 5.56 Å². The topological polar surface area (TPSA) is 69.3 Å². The van der Waals surface area contributed by atoms with Gasteiger partial charge in [0, 0.05) is 17.3 Å². The zero-order valence-electron chi connectivity index (χ0n) is 16.9. The Hall–Kier alpha value is -3.50. The number of hydrogen-bond donors (Lipinski definition) is 1. The minimum absolute atomic E-state index is 0.0380. The van der Waals surface area contributed by atoms with Gasteiger partial charge in [0.2, 0.25) is 11.6 Å². The second-order valence-electron chi connectivity index (χ2n) is 6.92. The molecule has 0 aliphatic heterocycles. The first kappa shape index (κ1) is 23.7. The number of ether oxygens (including phenoxy) is 1. The number of halogens is 6. The molecule has 0 saturated carbocycles. The fourth-order valence-corrected chi connectivity index (χ4v) is 3.33. The zero-order chi connectivity index (χ0) is 24.4. The van der Waals surface area contributed by atoms with Gasteiger partial charge in [0.15, 0.2) is 29.0 Å². The predicted octanol–water partition coefficient (Wildman–Crippen LogP) is 6.22. The van der Waals surface area contributed by atoms with Crippen LogP contribution in [0.15, 0.2) is 53.1 Å². The van der Waals surface area contributed by atoms with Crippen LogP contribution in [0.5, 0.6) is 5.75 Å². The van der Waals surface area contributed by atoms with Gasteiger partial charge < -0.3 is 14.5 Å². The van der Waals surface area contributed by atoms with Crippen molar-refractivity contribution < 1.29 is 31.5 Å². The molecule has 0 radical (unpaired) electrons. The summed E-state index contributed by atoms with van der Waals surface area (Å²) in [6, 6.07) is 9.78. The molecule has 0 bridgehead atoms. The minimum atomic E-state index is -1.69. The third-order valence-corrected chi connectivity index (χ3v) is 5.20. The molecule has 0 saturated heterocycles. The predicted molar refractivity (Wildman–Crippen MR) is 115 cm³/mol. The van der Waals surface area contributed by atoms with Crippen LogP contribution in [0.3, 0.4) is 0 Å². The van der Waals surface area contributed by atoms with Gasteiger partial charge in [-0.2, -0.15) is 13.9 Å². The largest absolute Gasteiger partial charge is 0.479 e. The second kappa shape index (κ2) is 9.78. The summed E-state index contributed by atoms with van der Waals surface area (Å²) in [7, 11) is 0. The normalized spacial score (nSPS) is 11.0. The van der Waals surface area contributed by atoms with E-state index in [9.17, 15) is 22.4 Å². The number of nitrogens with zero attached hydrogens (tertiary/aromatic N) is 2. The number of rotatable bonds is 7. The van der Waals surface area contributed by atoms with Crippen LogP contribution < -0.4 is 10.1 Å². The fourth-order valence-electron chi connectivity index (χ4n) is 2.93. The maximum Gasteiger partial charge on any atom is 0.292 e. The number of furan rings is 1. The Morgan fingerprint density at radius 3 is 2.44 bits per heavy atom. The number of nitrogens with one attached hydrogen (secondary N) is 1. The number of benzene rings is 2. The molecule has 0 unspecified atom stereocenters. The maximum absolute atomic E-state index is 13.7. The van der Waals surface area contributed by atoms with Gasteiger partial charge in [-0.3, -0.25) is 9.48 Å². The van der Waals surface area contributed by atoms with Gasteiger partial charge >= 0.3 is 0 Å². The summed E-state index contributed by atoms with van der Waals surface area (Å²) in [5, 5.41) is 7.39. The Kier molecular flexibility index (Phi) is 6.80. The van der Waals surface area contributed by atoms with E-state index in [4.69, 9.17) is 32.4 Å². The van der Waals surface area contributed by atoms with E-state index in [1.807, 2.05) is 12.1 Å². The monoisotopic (exact) mass is 513 g/mol. The molecule has 0 aliphatic rings. The lowest BCUT2D eigenvalue weighted by Crippen LogP contribution is -2.12. The molecule has 2 aromatic carbocycles. The Morgan fingerprint density at radius 1 is 1.03 bits per heavy atom. The Morgan fingerprint density at radius 2 is 1.74 bits per heavy atom. The number of anilines is 1. The second-order valence-corrected chi connectivity index (χ2v) is 7.74. The summed E-state index contributed by atoms with van der Waals surface area (Å²) < 4.78 is 65.5. The summed E-state index contributed by atoms with van der Waals surface area (Å²) in [5.74, 6) is -8.73. The first-order valence-corrected chi connectivity index (χ1v) is 10.3. The third-order valence-electron chi connectivity index (χ3n) is 4.55. The molecule has 0 spiro atoms. The standard InChI is InChI=1S/C22H13Cl2F4N3O3/c23-13-4-2-1-3-11(13)8-31-9-14(24)21(30-31)29-22(32)17-6-5-12(34-17)10-33-20-18(27)15(25)7-16(26)19(20)28/h1-7,9H,8,10H2,(H,29,30,32). The molecule has 4 aromatic rings. The van der Waals surface area contributed by atoms with Crippen LogP contribution in [0.4, 0.5) is 23.4 Å². The summed E-state index contributed by atoms with van der Waals surface area (Å²) in [6.45, 7) is -0.289. The molecular weight excluding hydrogens is 501 g/mol. The Labute approximate surface area is 199 Å². The average Bonchev–Trinajstić information content (AvgIpc) is 3.41. The Balaban J connectivity index is 1.42. The van der Waals surface area contributed by atoms with E-state index in [-0.39, 0.29) is 28.4 Å². The van der Waals surface area contributed by atoms with Crippen LogP contribution in [-0.4, -0.2) is 15.7 Å². The molecule has 0 atom stereocenters.